The molecule has 0 aliphatic carbocycles. The van der Waals surface area contributed by atoms with Crippen LogP contribution in [0.15, 0.2) is 0 Å². The molecule has 140 valence electrons. The molecule has 7 nitrogen and oxygen atoms in total. The van der Waals surface area contributed by atoms with Crippen LogP contribution in [-0.2, 0) is 20.9 Å². The van der Waals surface area contributed by atoms with Gasteiger partial charge in [-0.25, -0.2) is 0 Å². The summed E-state index contributed by atoms with van der Waals surface area (Å²) in [5.74, 6) is -0.180. The quantitative estimate of drug-likeness (QED) is 0.739. The first-order valence-electron chi connectivity index (χ1n) is 8.68. The molecule has 1 aliphatic rings. The fraction of sp³-hybridized carbons (Fsp3) is 0.706. The van der Waals surface area contributed by atoms with Crippen LogP contribution in [0, 0.1) is 19.8 Å². The van der Waals surface area contributed by atoms with E-state index in [-0.39, 0.29) is 24.3 Å². The van der Waals surface area contributed by atoms with E-state index in [9.17, 15) is 9.59 Å². The van der Waals surface area contributed by atoms with E-state index in [2.05, 4.69) is 10.4 Å². The lowest BCUT2D eigenvalue weighted by Crippen LogP contribution is -2.46. The van der Waals surface area contributed by atoms with Gasteiger partial charge in [-0.3, -0.25) is 14.3 Å². The standard InChI is InChI=1S/C17H27ClN4O3/c1-12-16(18)13(2)22(20-12)9-5-7-19-17(24)14-6-4-8-21(10-14)15(23)11-25-3/h14H,4-11H2,1-3H3,(H,19,24)/t14-/m0/s1. The molecular formula is C17H27ClN4O3. The van der Waals surface area contributed by atoms with Gasteiger partial charge < -0.3 is 15.0 Å². The topological polar surface area (TPSA) is 76.5 Å². The van der Waals surface area contributed by atoms with Crippen LogP contribution in [0.5, 0.6) is 0 Å². The summed E-state index contributed by atoms with van der Waals surface area (Å²) in [4.78, 5) is 25.9. The number of nitrogens with zero attached hydrogens (tertiary/aromatic N) is 3. The molecule has 1 aromatic rings. The maximum atomic E-state index is 12.3. The van der Waals surface area contributed by atoms with Crippen LogP contribution in [0.1, 0.15) is 30.7 Å². The molecule has 0 radical (unpaired) electrons. The highest BCUT2D eigenvalue weighted by atomic mass is 35.5. The second-order valence-electron chi connectivity index (χ2n) is 6.46. The summed E-state index contributed by atoms with van der Waals surface area (Å²) in [6.07, 6.45) is 2.44. The molecule has 1 saturated heterocycles. The highest BCUT2D eigenvalue weighted by Gasteiger charge is 2.27. The number of hydrogen-bond donors (Lipinski definition) is 1. The molecule has 0 saturated carbocycles. The number of aryl methyl sites for hydroxylation is 2. The Hall–Kier alpha value is -1.60. The molecule has 2 rings (SSSR count). The van der Waals surface area contributed by atoms with Crippen molar-refractivity contribution in [3.05, 3.63) is 16.4 Å². The summed E-state index contributed by atoms with van der Waals surface area (Å²) in [7, 11) is 1.50. The van der Waals surface area contributed by atoms with Crippen molar-refractivity contribution in [2.45, 2.75) is 39.7 Å². The predicted molar refractivity (Wildman–Crippen MR) is 95.5 cm³/mol. The third-order valence-corrected chi connectivity index (χ3v) is 5.10. The van der Waals surface area contributed by atoms with E-state index in [4.69, 9.17) is 16.3 Å². The van der Waals surface area contributed by atoms with Crippen LogP contribution in [-0.4, -0.2) is 59.8 Å². The predicted octanol–water partition coefficient (Wildman–Crippen LogP) is 1.54. The Balaban J connectivity index is 1.74. The number of nitrogens with one attached hydrogen (secondary N) is 1. The fourth-order valence-corrected chi connectivity index (χ4v) is 3.25. The summed E-state index contributed by atoms with van der Waals surface area (Å²) in [5, 5.41) is 8.05. The maximum Gasteiger partial charge on any atom is 0.248 e. The van der Waals surface area contributed by atoms with Gasteiger partial charge in [0.15, 0.2) is 0 Å². The van der Waals surface area contributed by atoms with Crippen LogP contribution in [0.3, 0.4) is 0 Å². The molecule has 8 heteroatoms. The van der Waals surface area contributed by atoms with E-state index in [1.165, 1.54) is 7.11 Å². The summed E-state index contributed by atoms with van der Waals surface area (Å²) >= 11 is 6.13. The van der Waals surface area contributed by atoms with Crippen molar-refractivity contribution < 1.29 is 14.3 Å². The van der Waals surface area contributed by atoms with Crippen molar-refractivity contribution >= 4 is 23.4 Å². The highest BCUT2D eigenvalue weighted by molar-refractivity contribution is 6.31. The molecule has 25 heavy (non-hydrogen) atoms. The zero-order chi connectivity index (χ0) is 18.4. The van der Waals surface area contributed by atoms with Gasteiger partial charge in [0.2, 0.25) is 11.8 Å². The highest BCUT2D eigenvalue weighted by Crippen LogP contribution is 2.19. The summed E-state index contributed by atoms with van der Waals surface area (Å²) in [6.45, 7) is 6.35. The normalized spacial score (nSPS) is 17.6. The minimum absolute atomic E-state index is 0.0151. The van der Waals surface area contributed by atoms with Crippen LogP contribution >= 0.6 is 11.6 Å². The monoisotopic (exact) mass is 370 g/mol. The number of likely N-dealkylation sites (tertiary alicyclic amines) is 1. The molecular weight excluding hydrogens is 344 g/mol. The van der Waals surface area contributed by atoms with Gasteiger partial charge in [0.25, 0.3) is 0 Å². The van der Waals surface area contributed by atoms with Gasteiger partial charge in [0.1, 0.15) is 6.61 Å². The van der Waals surface area contributed by atoms with E-state index in [1.807, 2.05) is 18.5 Å². The molecule has 1 atom stereocenters. The van der Waals surface area contributed by atoms with Gasteiger partial charge in [0, 0.05) is 33.3 Å². The lowest BCUT2D eigenvalue weighted by molar-refractivity contribution is -0.138. The average molecular weight is 371 g/mol. The molecule has 1 fully saturated rings. The molecule has 0 spiro atoms. The average Bonchev–Trinajstić information content (AvgIpc) is 2.86. The van der Waals surface area contributed by atoms with Gasteiger partial charge in [-0.05, 0) is 33.1 Å². The van der Waals surface area contributed by atoms with E-state index in [0.29, 0.717) is 31.2 Å². The van der Waals surface area contributed by atoms with Crippen molar-refractivity contribution in [3.63, 3.8) is 0 Å². The van der Waals surface area contributed by atoms with Gasteiger partial charge in [-0.15, -0.1) is 0 Å². The van der Waals surface area contributed by atoms with Crippen molar-refractivity contribution in [1.29, 1.82) is 0 Å². The van der Waals surface area contributed by atoms with Crippen LogP contribution in [0.4, 0.5) is 0 Å². The second kappa shape index (κ2) is 9.20. The molecule has 1 aliphatic heterocycles. The first-order valence-corrected chi connectivity index (χ1v) is 9.05. The number of amides is 2. The number of carbonyl (C=O) groups excluding carboxylic acids is 2. The molecule has 1 N–H and O–H groups in total. The smallest absolute Gasteiger partial charge is 0.248 e. The van der Waals surface area contributed by atoms with Crippen molar-refractivity contribution in [3.8, 4) is 0 Å². The van der Waals surface area contributed by atoms with E-state index in [0.717, 1.165) is 30.7 Å². The number of carbonyl (C=O) groups is 2. The summed E-state index contributed by atoms with van der Waals surface area (Å²) < 4.78 is 6.75. The molecule has 1 aromatic heterocycles. The molecule has 0 aromatic carbocycles. The Morgan fingerprint density at radius 3 is 2.80 bits per heavy atom. The first-order chi connectivity index (χ1) is 11.9. The maximum absolute atomic E-state index is 12.3. The number of aromatic nitrogens is 2. The van der Waals surface area contributed by atoms with Crippen LogP contribution < -0.4 is 5.32 Å². The van der Waals surface area contributed by atoms with E-state index < -0.39 is 0 Å². The van der Waals surface area contributed by atoms with Gasteiger partial charge in [-0.1, -0.05) is 11.6 Å². The molecule has 2 amide bonds. The first kappa shape index (κ1) is 19.7. The van der Waals surface area contributed by atoms with Crippen molar-refractivity contribution in [2.24, 2.45) is 5.92 Å². The number of halogens is 1. The van der Waals surface area contributed by atoms with E-state index in [1.54, 1.807) is 4.90 Å². The number of piperidine rings is 1. The third kappa shape index (κ3) is 5.19. The zero-order valence-corrected chi connectivity index (χ0v) is 15.9. The number of hydrogen-bond acceptors (Lipinski definition) is 4. The van der Waals surface area contributed by atoms with Crippen molar-refractivity contribution in [1.82, 2.24) is 20.0 Å². The Kier molecular flexibility index (Phi) is 7.25. The fourth-order valence-electron chi connectivity index (χ4n) is 3.11. The minimum atomic E-state index is -0.141. The summed E-state index contributed by atoms with van der Waals surface area (Å²) in [5.41, 5.74) is 1.77. The zero-order valence-electron chi connectivity index (χ0n) is 15.2. The SMILES string of the molecule is COCC(=O)N1CCC[C@H](C(=O)NCCCn2nc(C)c(Cl)c2C)C1. The molecule has 2 heterocycles. The largest absolute Gasteiger partial charge is 0.375 e. The van der Waals surface area contributed by atoms with Crippen LogP contribution in [0.2, 0.25) is 5.02 Å². The Labute approximate surface area is 153 Å². The molecule has 0 unspecified atom stereocenters. The third-order valence-electron chi connectivity index (χ3n) is 4.55. The Bertz CT molecular complexity index is 617. The van der Waals surface area contributed by atoms with Gasteiger partial charge in [0.05, 0.1) is 22.3 Å². The lowest BCUT2D eigenvalue weighted by Gasteiger charge is -2.31. The lowest BCUT2D eigenvalue weighted by atomic mass is 9.97. The van der Waals surface area contributed by atoms with Gasteiger partial charge >= 0.3 is 0 Å². The second-order valence-corrected chi connectivity index (χ2v) is 6.84. The van der Waals surface area contributed by atoms with Crippen molar-refractivity contribution in [2.75, 3.05) is 33.4 Å². The van der Waals surface area contributed by atoms with E-state index >= 15 is 0 Å². The summed E-state index contributed by atoms with van der Waals surface area (Å²) in [6, 6.07) is 0. The number of ether oxygens (including phenoxy) is 1. The number of methoxy groups -OCH3 is 1. The minimum Gasteiger partial charge on any atom is -0.375 e. The Morgan fingerprint density at radius 2 is 2.16 bits per heavy atom. The Morgan fingerprint density at radius 1 is 1.40 bits per heavy atom. The van der Waals surface area contributed by atoms with Gasteiger partial charge in [-0.2, -0.15) is 5.10 Å². The number of rotatable bonds is 7. The van der Waals surface area contributed by atoms with Crippen LogP contribution in [0.25, 0.3) is 0 Å². The molecule has 0 bridgehead atoms.